The number of amides is 2. The highest BCUT2D eigenvalue weighted by Crippen LogP contribution is 2.35. The number of hydrogen-bond acceptors (Lipinski definition) is 5. The van der Waals surface area contributed by atoms with Crippen molar-refractivity contribution in [3.8, 4) is 0 Å². The maximum Gasteiger partial charge on any atom is 0.257 e. The molecule has 1 aliphatic rings. The fourth-order valence-corrected chi connectivity index (χ4v) is 4.22. The average molecular weight is 392 g/mol. The molecule has 4 rings (SSSR count). The molecule has 0 spiro atoms. The summed E-state index contributed by atoms with van der Waals surface area (Å²) in [4.78, 5) is 26.7. The molecule has 1 aromatic heterocycles. The Morgan fingerprint density at radius 3 is 2.68 bits per heavy atom. The molecule has 1 saturated heterocycles. The van der Waals surface area contributed by atoms with Crippen LogP contribution in [0.1, 0.15) is 40.2 Å². The largest absolute Gasteiger partial charge is 0.311 e. The lowest BCUT2D eigenvalue weighted by Crippen LogP contribution is -2.25. The lowest BCUT2D eigenvalue weighted by molar-refractivity contribution is -0.117. The smallest absolute Gasteiger partial charge is 0.257 e. The summed E-state index contributed by atoms with van der Waals surface area (Å²) in [5.74, 6) is -0.141. The highest BCUT2D eigenvalue weighted by molar-refractivity contribution is 7.15. The highest BCUT2D eigenvalue weighted by atomic mass is 32.1. The standard InChI is InChI=1S/C21H20N4O2S/c1-2-14-8-6-7-11-17(14)25-13-16(12-18(25)26)20-23-24-21(28-20)22-19(27)15-9-4-3-5-10-15/h3-11,16H,2,12-13H2,1H3,(H,22,24,27)/t16-/m0/s1. The molecule has 28 heavy (non-hydrogen) atoms. The number of carbonyl (C=O) groups excluding carboxylic acids is 2. The first kappa shape index (κ1) is 18.3. The Kier molecular flexibility index (Phi) is 5.16. The van der Waals surface area contributed by atoms with Crippen molar-refractivity contribution in [1.82, 2.24) is 10.2 Å². The van der Waals surface area contributed by atoms with Gasteiger partial charge in [0.1, 0.15) is 5.01 Å². The number of rotatable bonds is 5. The number of para-hydroxylation sites is 1. The molecule has 0 unspecified atom stereocenters. The van der Waals surface area contributed by atoms with Crippen molar-refractivity contribution in [2.45, 2.75) is 25.7 Å². The summed E-state index contributed by atoms with van der Waals surface area (Å²) >= 11 is 1.33. The predicted octanol–water partition coefficient (Wildman–Crippen LogP) is 3.87. The van der Waals surface area contributed by atoms with Crippen LogP contribution >= 0.6 is 11.3 Å². The van der Waals surface area contributed by atoms with Crippen molar-refractivity contribution >= 4 is 34.0 Å². The number of hydrogen-bond donors (Lipinski definition) is 1. The first-order valence-corrected chi connectivity index (χ1v) is 10.1. The molecule has 142 valence electrons. The molecule has 3 aromatic rings. The molecule has 1 atom stereocenters. The minimum atomic E-state index is -0.218. The van der Waals surface area contributed by atoms with Gasteiger partial charge in [0.25, 0.3) is 5.91 Å². The molecular formula is C21H20N4O2S. The van der Waals surface area contributed by atoms with E-state index in [1.807, 2.05) is 41.3 Å². The molecule has 6 nitrogen and oxygen atoms in total. The first-order valence-electron chi connectivity index (χ1n) is 9.23. The first-order chi connectivity index (χ1) is 13.7. The predicted molar refractivity (Wildman–Crippen MR) is 110 cm³/mol. The summed E-state index contributed by atoms with van der Waals surface area (Å²) in [5, 5.41) is 12.3. The zero-order chi connectivity index (χ0) is 19.5. The molecule has 2 aromatic carbocycles. The topological polar surface area (TPSA) is 75.2 Å². The SMILES string of the molecule is CCc1ccccc1N1C[C@@H](c2nnc(NC(=O)c3ccccc3)s2)CC1=O. The molecule has 1 aliphatic heterocycles. The van der Waals surface area contributed by atoms with Gasteiger partial charge in [-0.1, -0.05) is 54.7 Å². The summed E-state index contributed by atoms with van der Waals surface area (Å²) in [7, 11) is 0. The molecule has 2 heterocycles. The van der Waals surface area contributed by atoms with Gasteiger partial charge < -0.3 is 4.90 Å². The van der Waals surface area contributed by atoms with Crippen LogP contribution in [0.3, 0.4) is 0 Å². The van der Waals surface area contributed by atoms with Gasteiger partial charge >= 0.3 is 0 Å². The van der Waals surface area contributed by atoms with Crippen molar-refractivity contribution in [1.29, 1.82) is 0 Å². The molecule has 1 N–H and O–H groups in total. The van der Waals surface area contributed by atoms with Gasteiger partial charge in [0.15, 0.2) is 0 Å². The number of anilines is 2. The van der Waals surface area contributed by atoms with E-state index in [0.717, 1.165) is 22.7 Å². The molecule has 0 aliphatic carbocycles. The fraction of sp³-hybridized carbons (Fsp3) is 0.238. The normalized spacial score (nSPS) is 16.4. The van der Waals surface area contributed by atoms with Crippen LogP contribution in [0.2, 0.25) is 0 Å². The fourth-order valence-electron chi connectivity index (χ4n) is 3.39. The van der Waals surface area contributed by atoms with Gasteiger partial charge in [-0.3, -0.25) is 14.9 Å². The third-order valence-electron chi connectivity index (χ3n) is 4.83. The van der Waals surface area contributed by atoms with Gasteiger partial charge in [-0.25, -0.2) is 0 Å². The number of benzene rings is 2. The van der Waals surface area contributed by atoms with Crippen molar-refractivity contribution in [3.05, 3.63) is 70.7 Å². The second kappa shape index (κ2) is 7.90. The van der Waals surface area contributed by atoms with E-state index in [9.17, 15) is 9.59 Å². The van der Waals surface area contributed by atoms with Crippen LogP contribution in [-0.2, 0) is 11.2 Å². The van der Waals surface area contributed by atoms with Crippen LogP contribution in [-0.4, -0.2) is 28.6 Å². The zero-order valence-corrected chi connectivity index (χ0v) is 16.3. The molecule has 0 saturated carbocycles. The Balaban J connectivity index is 1.47. The Bertz CT molecular complexity index is 1000. The summed E-state index contributed by atoms with van der Waals surface area (Å²) in [6.07, 6.45) is 1.28. The number of nitrogens with zero attached hydrogens (tertiary/aromatic N) is 3. The van der Waals surface area contributed by atoms with Crippen LogP contribution in [0.25, 0.3) is 0 Å². The molecule has 0 bridgehead atoms. The van der Waals surface area contributed by atoms with E-state index < -0.39 is 0 Å². The number of aryl methyl sites for hydroxylation is 1. The second-order valence-corrected chi connectivity index (χ2v) is 7.66. The van der Waals surface area contributed by atoms with Gasteiger partial charge in [-0.15, -0.1) is 10.2 Å². The number of aromatic nitrogens is 2. The quantitative estimate of drug-likeness (QED) is 0.715. The Morgan fingerprint density at radius 1 is 1.14 bits per heavy atom. The maximum atomic E-state index is 12.6. The molecule has 1 fully saturated rings. The van der Waals surface area contributed by atoms with Gasteiger partial charge in [0, 0.05) is 30.1 Å². The zero-order valence-electron chi connectivity index (χ0n) is 15.5. The minimum absolute atomic E-state index is 0.0164. The average Bonchev–Trinajstić information content (AvgIpc) is 3.35. The van der Waals surface area contributed by atoms with Crippen LogP contribution in [0, 0.1) is 0 Å². The minimum Gasteiger partial charge on any atom is -0.311 e. The lowest BCUT2D eigenvalue weighted by atomic mass is 10.1. The lowest BCUT2D eigenvalue weighted by Gasteiger charge is -2.19. The Morgan fingerprint density at radius 2 is 1.89 bits per heavy atom. The molecule has 2 amide bonds. The van der Waals surface area contributed by atoms with Crippen molar-refractivity contribution in [2.75, 3.05) is 16.8 Å². The van der Waals surface area contributed by atoms with Crippen LogP contribution < -0.4 is 10.2 Å². The van der Waals surface area contributed by atoms with E-state index in [-0.39, 0.29) is 17.7 Å². The van der Waals surface area contributed by atoms with E-state index in [0.29, 0.717) is 23.7 Å². The van der Waals surface area contributed by atoms with Crippen molar-refractivity contribution in [3.63, 3.8) is 0 Å². The third-order valence-corrected chi connectivity index (χ3v) is 5.84. The molecule has 7 heteroatoms. The van der Waals surface area contributed by atoms with E-state index in [2.05, 4.69) is 28.5 Å². The Hall–Kier alpha value is -3.06. The molecular weight excluding hydrogens is 372 g/mol. The van der Waals surface area contributed by atoms with E-state index in [4.69, 9.17) is 0 Å². The van der Waals surface area contributed by atoms with Gasteiger partial charge in [0.2, 0.25) is 11.0 Å². The van der Waals surface area contributed by atoms with Gasteiger partial charge in [-0.05, 0) is 30.2 Å². The Labute approximate surface area is 167 Å². The van der Waals surface area contributed by atoms with E-state index >= 15 is 0 Å². The number of carbonyl (C=O) groups is 2. The van der Waals surface area contributed by atoms with Crippen molar-refractivity contribution in [2.24, 2.45) is 0 Å². The second-order valence-electron chi connectivity index (χ2n) is 6.65. The summed E-state index contributed by atoms with van der Waals surface area (Å²) in [5.41, 5.74) is 2.70. The van der Waals surface area contributed by atoms with Gasteiger partial charge in [-0.2, -0.15) is 0 Å². The van der Waals surface area contributed by atoms with E-state index in [1.165, 1.54) is 11.3 Å². The summed E-state index contributed by atoms with van der Waals surface area (Å²) < 4.78 is 0. The van der Waals surface area contributed by atoms with Gasteiger partial charge in [0.05, 0.1) is 0 Å². The third kappa shape index (κ3) is 3.66. The van der Waals surface area contributed by atoms with Crippen LogP contribution in [0.15, 0.2) is 54.6 Å². The van der Waals surface area contributed by atoms with E-state index in [1.54, 1.807) is 12.1 Å². The van der Waals surface area contributed by atoms with Crippen molar-refractivity contribution < 1.29 is 9.59 Å². The molecule has 0 radical (unpaired) electrons. The summed E-state index contributed by atoms with van der Waals surface area (Å²) in [6, 6.07) is 17.0. The maximum absolute atomic E-state index is 12.6. The van der Waals surface area contributed by atoms with Crippen LogP contribution in [0.4, 0.5) is 10.8 Å². The van der Waals surface area contributed by atoms with Crippen LogP contribution in [0.5, 0.6) is 0 Å². The summed E-state index contributed by atoms with van der Waals surface area (Å²) in [6.45, 7) is 2.67. The monoisotopic (exact) mass is 392 g/mol. The number of nitrogens with one attached hydrogen (secondary N) is 1. The highest BCUT2D eigenvalue weighted by Gasteiger charge is 2.34.